The predicted octanol–water partition coefficient (Wildman–Crippen LogP) is 3.29. The third-order valence-corrected chi connectivity index (χ3v) is 8.70. The summed E-state index contributed by atoms with van der Waals surface area (Å²) < 4.78 is 2.35. The van der Waals surface area contributed by atoms with Crippen LogP contribution in [0.4, 0.5) is 0 Å². The minimum absolute atomic E-state index is 0. The Balaban J connectivity index is 0.000000185. The summed E-state index contributed by atoms with van der Waals surface area (Å²) in [6.45, 7) is 0. The van der Waals surface area contributed by atoms with Crippen molar-refractivity contribution < 1.29 is 60.2 Å². The van der Waals surface area contributed by atoms with Crippen LogP contribution in [0.15, 0.2) is 104 Å². The molecular formula is C30H18Br4SZr. The number of fused-ring (bicyclic) bond motifs is 3. The molecule has 4 aliphatic rings. The van der Waals surface area contributed by atoms with Gasteiger partial charge in [0.15, 0.2) is 0 Å². The van der Waals surface area contributed by atoms with Gasteiger partial charge >= 0.3 is 26.2 Å². The molecule has 0 saturated carbocycles. The average Bonchev–Trinajstić information content (AvgIpc) is 3.50. The third kappa shape index (κ3) is 5.75. The van der Waals surface area contributed by atoms with Crippen LogP contribution >= 0.6 is 43.6 Å². The van der Waals surface area contributed by atoms with Crippen LogP contribution < -0.4 is 34.0 Å². The summed E-state index contributed by atoms with van der Waals surface area (Å²) >= 11 is 9.13. The van der Waals surface area contributed by atoms with E-state index in [0.29, 0.717) is 0 Å². The van der Waals surface area contributed by atoms with Gasteiger partial charge in [-0.15, -0.1) is 29.0 Å². The van der Waals surface area contributed by atoms with Crippen molar-refractivity contribution in [3.05, 3.63) is 139 Å². The molecule has 4 aromatic rings. The zero-order valence-electron chi connectivity index (χ0n) is 18.8. The van der Waals surface area contributed by atoms with Gasteiger partial charge in [-0.3, -0.25) is 12.2 Å². The summed E-state index contributed by atoms with van der Waals surface area (Å²) in [5.41, 5.74) is 7.91. The number of halogens is 4. The van der Waals surface area contributed by atoms with E-state index in [1.54, 1.807) is 0 Å². The molecule has 2 unspecified atom stereocenters. The minimum atomic E-state index is 0. The topological polar surface area (TPSA) is 0 Å². The Morgan fingerprint density at radius 2 is 1.25 bits per heavy atom. The summed E-state index contributed by atoms with van der Waals surface area (Å²) in [5, 5.41) is 0. The van der Waals surface area contributed by atoms with Gasteiger partial charge in [-0.1, -0.05) is 120 Å². The monoisotopic (exact) mass is 816 g/mol. The van der Waals surface area contributed by atoms with Crippen LogP contribution in [-0.4, -0.2) is 0 Å². The standard InChI is InChI=1S/C15H8BrS.C15H10Br.2BrH.Zr/c16-13-7-8-14-12-6-5-11(15(12)13)9-1-3-10(17-14)4-2-9;16-14-8-4-7-12-9-10-13(15(12)14)11-5-2-1-3-6-11;;;/h1-4,6-8,11H;1-9,13H;2*1H;/q2*-1;;;+4/p-2. The van der Waals surface area contributed by atoms with Gasteiger partial charge in [0.2, 0.25) is 0 Å². The van der Waals surface area contributed by atoms with E-state index >= 15 is 0 Å². The molecule has 0 saturated heterocycles. The van der Waals surface area contributed by atoms with Crippen LogP contribution in [0.25, 0.3) is 12.2 Å². The maximum Gasteiger partial charge on any atom is 4.00 e. The van der Waals surface area contributed by atoms with E-state index < -0.39 is 0 Å². The van der Waals surface area contributed by atoms with E-state index in [1.807, 2.05) is 17.8 Å². The summed E-state index contributed by atoms with van der Waals surface area (Å²) in [4.78, 5) is 2.63. The van der Waals surface area contributed by atoms with Gasteiger partial charge in [0.1, 0.15) is 0 Å². The van der Waals surface area contributed by atoms with Crippen molar-refractivity contribution >= 4 is 55.8 Å². The molecule has 0 aromatic heterocycles. The second-order valence-corrected chi connectivity index (χ2v) is 11.0. The Hall–Kier alpha value is -0.487. The maximum atomic E-state index is 3.67. The molecular weight excluding hydrogens is 803 g/mol. The molecule has 2 aliphatic heterocycles. The summed E-state index contributed by atoms with van der Waals surface area (Å²) in [6.07, 6.45) is 11.1. The number of rotatable bonds is 1. The second-order valence-electron chi connectivity index (χ2n) is 8.19. The molecule has 6 bridgehead atoms. The van der Waals surface area contributed by atoms with Crippen molar-refractivity contribution in [3.63, 3.8) is 0 Å². The molecule has 6 heteroatoms. The second kappa shape index (κ2) is 13.0. The summed E-state index contributed by atoms with van der Waals surface area (Å²) in [6, 6.07) is 30.0. The molecule has 0 amide bonds. The molecule has 4 aromatic carbocycles. The fourth-order valence-electron chi connectivity index (χ4n) is 4.64. The first-order chi connectivity index (χ1) is 16.2. The molecule has 0 radical (unpaired) electrons. The van der Waals surface area contributed by atoms with Crippen molar-refractivity contribution in [1.82, 2.24) is 0 Å². The quantitative estimate of drug-likeness (QED) is 0.266. The van der Waals surface area contributed by atoms with Crippen LogP contribution in [0.2, 0.25) is 0 Å². The van der Waals surface area contributed by atoms with Crippen LogP contribution in [0.5, 0.6) is 0 Å². The Kier molecular flexibility index (Phi) is 10.9. The molecule has 0 nitrogen and oxygen atoms in total. The Morgan fingerprint density at radius 1 is 0.611 bits per heavy atom. The molecule has 2 aliphatic carbocycles. The first kappa shape index (κ1) is 30.1. The van der Waals surface area contributed by atoms with Crippen LogP contribution in [-0.2, 0) is 26.2 Å². The van der Waals surface area contributed by atoms with Crippen molar-refractivity contribution in [2.45, 2.75) is 21.6 Å². The number of allylic oxidation sites excluding steroid dienone is 2. The molecule has 2 heterocycles. The maximum absolute atomic E-state index is 3.67. The van der Waals surface area contributed by atoms with E-state index in [0.717, 1.165) is 0 Å². The van der Waals surface area contributed by atoms with Gasteiger partial charge in [0.25, 0.3) is 0 Å². The zero-order chi connectivity index (χ0) is 22.4. The van der Waals surface area contributed by atoms with E-state index in [1.165, 1.54) is 52.1 Å². The van der Waals surface area contributed by atoms with Crippen molar-refractivity contribution in [1.29, 1.82) is 0 Å². The van der Waals surface area contributed by atoms with Gasteiger partial charge in [0.05, 0.1) is 0 Å². The fraction of sp³-hybridized carbons (Fsp3) is 0.0667. The SMILES string of the molecule is Brc1ccc2c3c1C([C-]=C3)c1ccc(cc1)S2.Brc1cccc2c1C(c1ccccc1)[C-]=C2.[Br-].[Br-].[Zr+4]. The molecule has 36 heavy (non-hydrogen) atoms. The smallest absolute Gasteiger partial charge is 1.00 e. The van der Waals surface area contributed by atoms with Crippen LogP contribution in [0, 0.1) is 12.2 Å². The summed E-state index contributed by atoms with van der Waals surface area (Å²) in [7, 11) is 0. The van der Waals surface area contributed by atoms with E-state index in [4.69, 9.17) is 0 Å². The van der Waals surface area contributed by atoms with Gasteiger partial charge in [-0.2, -0.15) is 11.1 Å². The van der Waals surface area contributed by atoms with Crippen LogP contribution in [0.3, 0.4) is 0 Å². The van der Waals surface area contributed by atoms with E-state index in [2.05, 4.69) is 135 Å². The van der Waals surface area contributed by atoms with E-state index in [9.17, 15) is 0 Å². The first-order valence-corrected chi connectivity index (χ1v) is 13.2. The summed E-state index contributed by atoms with van der Waals surface area (Å²) in [5.74, 6) is 0.554. The fourth-order valence-corrected chi connectivity index (χ4v) is 6.76. The van der Waals surface area contributed by atoms with Gasteiger partial charge in [-0.05, 0) is 18.2 Å². The Bertz CT molecular complexity index is 1420. The van der Waals surface area contributed by atoms with Gasteiger partial charge in [-0.25, -0.2) is 12.2 Å². The minimum Gasteiger partial charge on any atom is -1.00 e. The number of hydrogen-bond acceptors (Lipinski definition) is 1. The average molecular weight is 821 g/mol. The number of benzene rings is 4. The molecule has 0 fully saturated rings. The normalized spacial score (nSPS) is 16.7. The van der Waals surface area contributed by atoms with Crippen LogP contribution in [0.1, 0.15) is 45.2 Å². The van der Waals surface area contributed by atoms with E-state index in [-0.39, 0.29) is 72.0 Å². The van der Waals surface area contributed by atoms with Crippen molar-refractivity contribution in [2.24, 2.45) is 0 Å². The molecule has 0 spiro atoms. The Morgan fingerprint density at radius 3 is 2.00 bits per heavy atom. The molecule has 2 atom stereocenters. The van der Waals surface area contributed by atoms with Gasteiger partial charge in [0, 0.05) is 13.8 Å². The predicted molar refractivity (Wildman–Crippen MR) is 144 cm³/mol. The van der Waals surface area contributed by atoms with Crippen molar-refractivity contribution in [2.75, 3.05) is 0 Å². The molecule has 0 N–H and O–H groups in total. The zero-order valence-corrected chi connectivity index (χ0v) is 28.4. The largest absolute Gasteiger partial charge is 4.00 e. The number of hydrogen-bond donors (Lipinski definition) is 0. The molecule has 8 rings (SSSR count). The van der Waals surface area contributed by atoms with Gasteiger partial charge < -0.3 is 34.0 Å². The molecule has 176 valence electrons. The Labute approximate surface area is 274 Å². The first-order valence-electron chi connectivity index (χ1n) is 10.8. The van der Waals surface area contributed by atoms with Crippen molar-refractivity contribution in [3.8, 4) is 0 Å². The third-order valence-electron chi connectivity index (χ3n) is 6.23.